The van der Waals surface area contributed by atoms with Crippen molar-refractivity contribution in [3.63, 3.8) is 0 Å². The number of carboxylic acids is 1. The molecule has 0 saturated carbocycles. The molecule has 3 aromatic heterocycles. The number of aliphatic hydroxyl groups is 1. The van der Waals surface area contributed by atoms with Gasteiger partial charge in [-0.15, -0.1) is 5.10 Å². The van der Waals surface area contributed by atoms with Crippen LogP contribution in [0.15, 0.2) is 60.9 Å². The molecule has 4 aromatic rings. The predicted molar refractivity (Wildman–Crippen MR) is 125 cm³/mol. The van der Waals surface area contributed by atoms with Gasteiger partial charge in [-0.3, -0.25) is 0 Å². The number of hydrogen-bond donors (Lipinski definition) is 3. The van der Waals surface area contributed by atoms with Gasteiger partial charge >= 0.3 is 5.97 Å². The summed E-state index contributed by atoms with van der Waals surface area (Å²) in [5.41, 5.74) is 3.38. The standard InChI is InChI=1S/C24H24N6O4/c1-15-11-20(26-23(12-15)27-22-13-19(7-8-25-22)34-10-9-31)21-14-30(29-28-21)16(2)17-3-5-18(6-4-17)24(32)33/h3-8,11-14,16,31H,9-10H2,1-2H3,(H,32,33)(H,25,26,27). The van der Waals surface area contributed by atoms with Crippen molar-refractivity contribution in [1.82, 2.24) is 25.0 Å². The zero-order valence-electron chi connectivity index (χ0n) is 18.7. The molecule has 0 aliphatic rings. The number of nitrogens with zero attached hydrogens (tertiary/aromatic N) is 5. The topological polar surface area (TPSA) is 135 Å². The highest BCUT2D eigenvalue weighted by Crippen LogP contribution is 2.24. The van der Waals surface area contributed by atoms with E-state index in [2.05, 4.69) is 25.6 Å². The van der Waals surface area contributed by atoms with Crippen LogP contribution in [0.1, 0.15) is 34.5 Å². The molecular formula is C24H24N6O4. The third-order valence-electron chi connectivity index (χ3n) is 5.13. The highest BCUT2D eigenvalue weighted by molar-refractivity contribution is 5.87. The van der Waals surface area contributed by atoms with Crippen LogP contribution in [-0.2, 0) is 0 Å². The van der Waals surface area contributed by atoms with Crippen LogP contribution >= 0.6 is 0 Å². The lowest BCUT2D eigenvalue weighted by Crippen LogP contribution is -2.08. The minimum absolute atomic E-state index is 0.0686. The maximum absolute atomic E-state index is 11.1. The van der Waals surface area contributed by atoms with Gasteiger partial charge in [0.1, 0.15) is 29.7 Å². The van der Waals surface area contributed by atoms with E-state index >= 15 is 0 Å². The molecule has 3 heterocycles. The second-order valence-electron chi connectivity index (χ2n) is 7.68. The Morgan fingerprint density at radius 1 is 1.12 bits per heavy atom. The Balaban J connectivity index is 1.54. The monoisotopic (exact) mass is 460 g/mol. The van der Waals surface area contributed by atoms with Crippen molar-refractivity contribution in [2.75, 3.05) is 18.5 Å². The lowest BCUT2D eigenvalue weighted by molar-refractivity contribution is 0.0697. The van der Waals surface area contributed by atoms with Crippen LogP contribution in [-0.4, -0.2) is 54.4 Å². The first-order valence-corrected chi connectivity index (χ1v) is 10.6. The van der Waals surface area contributed by atoms with Crippen LogP contribution < -0.4 is 10.1 Å². The molecule has 4 rings (SSSR count). The molecule has 0 spiro atoms. The van der Waals surface area contributed by atoms with E-state index in [4.69, 9.17) is 14.9 Å². The summed E-state index contributed by atoms with van der Waals surface area (Å²) >= 11 is 0. The molecule has 0 radical (unpaired) electrons. The smallest absolute Gasteiger partial charge is 0.335 e. The summed E-state index contributed by atoms with van der Waals surface area (Å²) in [6.45, 7) is 4.05. The van der Waals surface area contributed by atoms with Gasteiger partial charge in [-0.25, -0.2) is 19.4 Å². The number of aromatic nitrogens is 5. The van der Waals surface area contributed by atoms with Gasteiger partial charge in [0.25, 0.3) is 0 Å². The van der Waals surface area contributed by atoms with Crippen molar-refractivity contribution in [1.29, 1.82) is 0 Å². The summed E-state index contributed by atoms with van der Waals surface area (Å²) in [4.78, 5) is 20.0. The van der Waals surface area contributed by atoms with Crippen LogP contribution in [0.25, 0.3) is 11.4 Å². The number of benzene rings is 1. The van der Waals surface area contributed by atoms with E-state index in [0.717, 1.165) is 11.1 Å². The molecule has 0 aliphatic carbocycles. The molecule has 1 atom stereocenters. The first kappa shape index (κ1) is 22.9. The van der Waals surface area contributed by atoms with E-state index < -0.39 is 5.97 Å². The summed E-state index contributed by atoms with van der Waals surface area (Å²) in [5.74, 6) is 0.778. The number of hydrogen-bond acceptors (Lipinski definition) is 8. The van der Waals surface area contributed by atoms with Gasteiger partial charge in [0.05, 0.1) is 30.1 Å². The SMILES string of the molecule is Cc1cc(Nc2cc(OCCO)ccn2)nc(-c2cn(C(C)c3ccc(C(=O)O)cc3)nn2)c1. The highest BCUT2D eigenvalue weighted by Gasteiger charge is 2.14. The van der Waals surface area contributed by atoms with Gasteiger partial charge in [0, 0.05) is 12.3 Å². The molecular weight excluding hydrogens is 436 g/mol. The van der Waals surface area contributed by atoms with Crippen LogP contribution in [0.4, 0.5) is 11.6 Å². The zero-order chi connectivity index (χ0) is 24.1. The van der Waals surface area contributed by atoms with Gasteiger partial charge in [0.15, 0.2) is 0 Å². The number of aryl methyl sites for hydroxylation is 1. The molecule has 0 fully saturated rings. The van der Waals surface area contributed by atoms with Crippen molar-refractivity contribution in [2.24, 2.45) is 0 Å². The van der Waals surface area contributed by atoms with Crippen LogP contribution in [0, 0.1) is 6.92 Å². The van der Waals surface area contributed by atoms with E-state index in [1.807, 2.05) is 32.2 Å². The lowest BCUT2D eigenvalue weighted by Gasteiger charge is -2.12. The number of aromatic carboxylic acids is 1. The van der Waals surface area contributed by atoms with Crippen molar-refractivity contribution >= 4 is 17.6 Å². The second-order valence-corrected chi connectivity index (χ2v) is 7.68. The maximum Gasteiger partial charge on any atom is 0.335 e. The molecule has 10 nitrogen and oxygen atoms in total. The Morgan fingerprint density at radius 2 is 1.91 bits per heavy atom. The molecule has 1 aromatic carbocycles. The van der Waals surface area contributed by atoms with E-state index in [1.165, 1.54) is 0 Å². The van der Waals surface area contributed by atoms with E-state index in [0.29, 0.717) is 28.8 Å². The number of aliphatic hydroxyl groups excluding tert-OH is 1. The molecule has 0 saturated heterocycles. The van der Waals surface area contributed by atoms with Gasteiger partial charge in [-0.05, 0) is 55.3 Å². The minimum atomic E-state index is -0.961. The van der Waals surface area contributed by atoms with Crippen molar-refractivity contribution in [3.05, 3.63) is 77.6 Å². The minimum Gasteiger partial charge on any atom is -0.491 e. The zero-order valence-corrected chi connectivity index (χ0v) is 18.7. The molecule has 1 unspecified atom stereocenters. The Bertz CT molecular complexity index is 1290. The molecule has 0 bridgehead atoms. The van der Waals surface area contributed by atoms with Gasteiger partial charge in [-0.2, -0.15) is 0 Å². The number of nitrogens with one attached hydrogen (secondary N) is 1. The third-order valence-corrected chi connectivity index (χ3v) is 5.13. The summed E-state index contributed by atoms with van der Waals surface area (Å²) in [7, 11) is 0. The first-order chi connectivity index (χ1) is 16.4. The summed E-state index contributed by atoms with van der Waals surface area (Å²) < 4.78 is 7.14. The lowest BCUT2D eigenvalue weighted by atomic mass is 10.1. The van der Waals surface area contributed by atoms with Gasteiger partial charge in [0.2, 0.25) is 0 Å². The molecule has 10 heteroatoms. The van der Waals surface area contributed by atoms with Gasteiger partial charge in [-0.1, -0.05) is 17.3 Å². The maximum atomic E-state index is 11.1. The normalized spacial score (nSPS) is 11.7. The number of ether oxygens (including phenoxy) is 1. The predicted octanol–water partition coefficient (Wildman–Crippen LogP) is 3.47. The van der Waals surface area contributed by atoms with Crippen molar-refractivity contribution in [2.45, 2.75) is 19.9 Å². The van der Waals surface area contributed by atoms with Crippen LogP contribution in [0.3, 0.4) is 0 Å². The molecule has 0 aliphatic heterocycles. The first-order valence-electron chi connectivity index (χ1n) is 10.6. The fourth-order valence-electron chi connectivity index (χ4n) is 3.37. The Labute approximate surface area is 195 Å². The quantitative estimate of drug-likeness (QED) is 0.343. The fourth-order valence-corrected chi connectivity index (χ4v) is 3.37. The highest BCUT2D eigenvalue weighted by atomic mass is 16.5. The number of pyridine rings is 2. The number of carbonyl (C=O) groups is 1. The van der Waals surface area contributed by atoms with E-state index in [1.54, 1.807) is 47.3 Å². The van der Waals surface area contributed by atoms with Crippen molar-refractivity contribution < 1.29 is 19.7 Å². The fraction of sp³-hybridized carbons (Fsp3) is 0.208. The molecule has 0 amide bonds. The Hall–Kier alpha value is -4.31. The second kappa shape index (κ2) is 10.1. The van der Waals surface area contributed by atoms with Gasteiger partial charge < -0.3 is 20.3 Å². The summed E-state index contributed by atoms with van der Waals surface area (Å²) in [5, 5.41) is 29.7. The number of rotatable bonds is 9. The Kier molecular flexibility index (Phi) is 6.79. The molecule has 174 valence electrons. The number of anilines is 2. The summed E-state index contributed by atoms with van der Waals surface area (Å²) in [6, 6.07) is 13.8. The Morgan fingerprint density at radius 3 is 2.65 bits per heavy atom. The van der Waals surface area contributed by atoms with E-state index in [9.17, 15) is 4.79 Å². The average Bonchev–Trinajstić information content (AvgIpc) is 3.33. The molecule has 34 heavy (non-hydrogen) atoms. The van der Waals surface area contributed by atoms with E-state index in [-0.39, 0.29) is 24.8 Å². The molecule has 3 N–H and O–H groups in total. The van der Waals surface area contributed by atoms with Crippen LogP contribution in [0.2, 0.25) is 0 Å². The van der Waals surface area contributed by atoms with Crippen molar-refractivity contribution in [3.8, 4) is 17.1 Å². The largest absolute Gasteiger partial charge is 0.491 e. The average molecular weight is 460 g/mol. The van der Waals surface area contributed by atoms with Crippen LogP contribution in [0.5, 0.6) is 5.75 Å². The number of carboxylic acid groups (broad SMARTS) is 1. The summed E-state index contributed by atoms with van der Waals surface area (Å²) in [6.07, 6.45) is 3.42. The third kappa shape index (κ3) is 5.36.